The number of aldehydes is 1. The summed E-state index contributed by atoms with van der Waals surface area (Å²) in [5.41, 5.74) is 0.489. The van der Waals surface area contributed by atoms with Crippen LogP contribution in [0.3, 0.4) is 0 Å². The lowest BCUT2D eigenvalue weighted by Crippen LogP contribution is -2.37. The zero-order chi connectivity index (χ0) is 11.7. The molecule has 0 amide bonds. The standard InChI is InChI=1S/C12H15N3O2/c16-8-10-7-11(15-3-5-17-6-4-15)14-12(13-10)9-1-2-9/h7-9H,1-6H2. The van der Waals surface area contributed by atoms with Crippen LogP contribution in [0.4, 0.5) is 5.82 Å². The van der Waals surface area contributed by atoms with Crippen molar-refractivity contribution in [1.29, 1.82) is 0 Å². The van der Waals surface area contributed by atoms with Crippen LogP contribution in [0.1, 0.15) is 35.1 Å². The first-order chi connectivity index (χ1) is 8.36. The Morgan fingerprint density at radius 1 is 1.29 bits per heavy atom. The minimum atomic E-state index is 0.467. The number of hydrogen-bond donors (Lipinski definition) is 0. The molecule has 1 aliphatic heterocycles. The third-order valence-corrected chi connectivity index (χ3v) is 3.15. The highest BCUT2D eigenvalue weighted by Crippen LogP contribution is 2.38. The smallest absolute Gasteiger partial charge is 0.168 e. The van der Waals surface area contributed by atoms with Crippen molar-refractivity contribution >= 4 is 12.1 Å². The van der Waals surface area contributed by atoms with Gasteiger partial charge in [-0.3, -0.25) is 4.79 Å². The van der Waals surface area contributed by atoms with Crippen LogP contribution < -0.4 is 4.90 Å². The number of morpholine rings is 1. The van der Waals surface area contributed by atoms with Crippen LogP contribution >= 0.6 is 0 Å². The van der Waals surface area contributed by atoms with Crippen LogP contribution in [-0.2, 0) is 4.74 Å². The van der Waals surface area contributed by atoms with Crippen LogP contribution in [0.25, 0.3) is 0 Å². The fraction of sp³-hybridized carbons (Fsp3) is 0.583. The Balaban J connectivity index is 1.90. The SMILES string of the molecule is O=Cc1cc(N2CCOCC2)nc(C2CC2)n1. The molecule has 3 rings (SSSR count). The second-order valence-corrected chi connectivity index (χ2v) is 4.50. The van der Waals surface area contributed by atoms with E-state index >= 15 is 0 Å². The molecule has 0 unspecified atom stereocenters. The largest absolute Gasteiger partial charge is 0.378 e. The quantitative estimate of drug-likeness (QED) is 0.729. The molecule has 5 heteroatoms. The fourth-order valence-electron chi connectivity index (χ4n) is 2.01. The average molecular weight is 233 g/mol. The van der Waals surface area contributed by atoms with E-state index in [0.717, 1.165) is 57.1 Å². The summed E-state index contributed by atoms with van der Waals surface area (Å²) in [6, 6.07) is 1.77. The summed E-state index contributed by atoms with van der Waals surface area (Å²) in [6.07, 6.45) is 3.09. The average Bonchev–Trinajstić information content (AvgIpc) is 3.23. The first-order valence-corrected chi connectivity index (χ1v) is 6.03. The number of nitrogens with zero attached hydrogens (tertiary/aromatic N) is 3. The molecule has 0 spiro atoms. The predicted octanol–water partition coefficient (Wildman–Crippen LogP) is 1.00. The van der Waals surface area contributed by atoms with Gasteiger partial charge < -0.3 is 9.64 Å². The summed E-state index contributed by atoms with van der Waals surface area (Å²) in [6.45, 7) is 3.11. The van der Waals surface area contributed by atoms with E-state index in [1.807, 2.05) is 0 Å². The third kappa shape index (κ3) is 2.29. The lowest BCUT2D eigenvalue weighted by molar-refractivity contribution is 0.111. The van der Waals surface area contributed by atoms with Gasteiger partial charge in [-0.05, 0) is 12.8 Å². The number of aromatic nitrogens is 2. The zero-order valence-electron chi connectivity index (χ0n) is 9.63. The molecule has 1 aromatic heterocycles. The summed E-state index contributed by atoms with van der Waals surface area (Å²) in [5.74, 6) is 2.16. The maximum atomic E-state index is 10.9. The van der Waals surface area contributed by atoms with Crippen molar-refractivity contribution in [2.75, 3.05) is 31.2 Å². The zero-order valence-corrected chi connectivity index (χ0v) is 9.63. The van der Waals surface area contributed by atoms with Gasteiger partial charge in [-0.15, -0.1) is 0 Å². The highest BCUT2D eigenvalue weighted by atomic mass is 16.5. The van der Waals surface area contributed by atoms with Gasteiger partial charge in [0.1, 0.15) is 17.3 Å². The third-order valence-electron chi connectivity index (χ3n) is 3.15. The lowest BCUT2D eigenvalue weighted by Gasteiger charge is -2.28. The van der Waals surface area contributed by atoms with Gasteiger partial charge in [0.15, 0.2) is 6.29 Å². The summed E-state index contributed by atoms with van der Waals surface area (Å²) in [4.78, 5) is 21.9. The Morgan fingerprint density at radius 2 is 2.06 bits per heavy atom. The molecule has 2 aliphatic rings. The van der Waals surface area contributed by atoms with E-state index in [-0.39, 0.29) is 0 Å². The van der Waals surface area contributed by atoms with E-state index in [4.69, 9.17) is 4.74 Å². The summed E-state index contributed by atoms with van der Waals surface area (Å²) >= 11 is 0. The van der Waals surface area contributed by atoms with Gasteiger partial charge >= 0.3 is 0 Å². The molecule has 0 N–H and O–H groups in total. The minimum absolute atomic E-state index is 0.467. The Hall–Kier alpha value is -1.49. The molecule has 2 heterocycles. The lowest BCUT2D eigenvalue weighted by atomic mass is 10.3. The van der Waals surface area contributed by atoms with Crippen LogP contribution in [0.2, 0.25) is 0 Å². The fourth-order valence-corrected chi connectivity index (χ4v) is 2.01. The van der Waals surface area contributed by atoms with E-state index in [9.17, 15) is 4.79 Å². The van der Waals surface area contributed by atoms with Crippen LogP contribution in [0.5, 0.6) is 0 Å². The molecular weight excluding hydrogens is 218 g/mol. The number of ether oxygens (including phenoxy) is 1. The molecule has 1 aliphatic carbocycles. The molecule has 90 valence electrons. The summed E-state index contributed by atoms with van der Waals surface area (Å²) < 4.78 is 5.31. The number of rotatable bonds is 3. The molecular formula is C12H15N3O2. The minimum Gasteiger partial charge on any atom is -0.378 e. The highest BCUT2D eigenvalue weighted by molar-refractivity contribution is 5.73. The van der Waals surface area contributed by atoms with E-state index < -0.39 is 0 Å². The summed E-state index contributed by atoms with van der Waals surface area (Å²) in [7, 11) is 0. The van der Waals surface area contributed by atoms with E-state index in [2.05, 4.69) is 14.9 Å². The van der Waals surface area contributed by atoms with E-state index in [0.29, 0.717) is 11.6 Å². The first-order valence-electron chi connectivity index (χ1n) is 6.03. The molecule has 0 radical (unpaired) electrons. The Kier molecular flexibility index (Phi) is 2.76. The topological polar surface area (TPSA) is 55.3 Å². The van der Waals surface area contributed by atoms with Crippen molar-refractivity contribution in [2.45, 2.75) is 18.8 Å². The Bertz CT molecular complexity index is 426. The number of carbonyl (C=O) groups is 1. The second-order valence-electron chi connectivity index (χ2n) is 4.50. The molecule has 17 heavy (non-hydrogen) atoms. The molecule has 0 aromatic carbocycles. The van der Waals surface area contributed by atoms with Gasteiger partial charge in [0.05, 0.1) is 13.2 Å². The summed E-state index contributed by atoms with van der Waals surface area (Å²) in [5, 5.41) is 0. The number of anilines is 1. The van der Waals surface area contributed by atoms with Crippen molar-refractivity contribution < 1.29 is 9.53 Å². The van der Waals surface area contributed by atoms with Gasteiger partial charge in [-0.2, -0.15) is 0 Å². The Labute approximate surface area is 99.8 Å². The van der Waals surface area contributed by atoms with Gasteiger partial charge in [0.2, 0.25) is 0 Å². The van der Waals surface area contributed by atoms with Crippen LogP contribution in [-0.4, -0.2) is 42.6 Å². The van der Waals surface area contributed by atoms with Gasteiger partial charge in [-0.25, -0.2) is 9.97 Å². The van der Waals surface area contributed by atoms with Crippen molar-refractivity contribution in [1.82, 2.24) is 9.97 Å². The number of carbonyl (C=O) groups excluding carboxylic acids is 1. The number of hydrogen-bond acceptors (Lipinski definition) is 5. The molecule has 0 bridgehead atoms. The Morgan fingerprint density at radius 3 is 2.71 bits per heavy atom. The molecule has 1 aromatic rings. The first kappa shape index (κ1) is 10.7. The maximum absolute atomic E-state index is 10.9. The van der Waals surface area contributed by atoms with Crippen molar-refractivity contribution in [2.24, 2.45) is 0 Å². The normalized spacial score (nSPS) is 20.4. The molecule has 1 saturated heterocycles. The maximum Gasteiger partial charge on any atom is 0.168 e. The predicted molar refractivity (Wildman–Crippen MR) is 62.4 cm³/mol. The molecule has 2 fully saturated rings. The van der Waals surface area contributed by atoms with Crippen LogP contribution in [0.15, 0.2) is 6.07 Å². The van der Waals surface area contributed by atoms with Gasteiger partial charge in [0.25, 0.3) is 0 Å². The van der Waals surface area contributed by atoms with Crippen molar-refractivity contribution in [3.8, 4) is 0 Å². The highest BCUT2D eigenvalue weighted by Gasteiger charge is 2.28. The van der Waals surface area contributed by atoms with Gasteiger partial charge in [-0.1, -0.05) is 0 Å². The molecule has 5 nitrogen and oxygen atoms in total. The van der Waals surface area contributed by atoms with Crippen LogP contribution in [0, 0.1) is 0 Å². The molecule has 1 saturated carbocycles. The van der Waals surface area contributed by atoms with Crippen molar-refractivity contribution in [3.05, 3.63) is 17.6 Å². The second kappa shape index (κ2) is 4.41. The molecule has 0 atom stereocenters. The monoisotopic (exact) mass is 233 g/mol. The van der Waals surface area contributed by atoms with Gasteiger partial charge in [0, 0.05) is 25.1 Å². The van der Waals surface area contributed by atoms with E-state index in [1.54, 1.807) is 6.07 Å². The van der Waals surface area contributed by atoms with E-state index in [1.165, 1.54) is 0 Å². The van der Waals surface area contributed by atoms with Crippen molar-refractivity contribution in [3.63, 3.8) is 0 Å².